The molecular weight excluding hydrogens is 338 g/mol. The van der Waals surface area contributed by atoms with E-state index < -0.39 is 10.0 Å². The van der Waals surface area contributed by atoms with Crippen molar-refractivity contribution in [1.82, 2.24) is 4.72 Å². The van der Waals surface area contributed by atoms with E-state index in [1.807, 2.05) is 6.92 Å². The van der Waals surface area contributed by atoms with Gasteiger partial charge in [-0.15, -0.1) is 11.3 Å². The van der Waals surface area contributed by atoms with E-state index in [2.05, 4.69) is 20.7 Å². The highest BCUT2D eigenvalue weighted by Crippen LogP contribution is 2.30. The number of hydrogen-bond donors (Lipinski definition) is 1. The Bertz CT molecular complexity index is 487. The fourth-order valence-electron chi connectivity index (χ4n) is 1.84. The van der Waals surface area contributed by atoms with Crippen molar-refractivity contribution in [2.45, 2.75) is 24.0 Å². The highest BCUT2D eigenvalue weighted by atomic mass is 79.9. The Kier molecular flexibility index (Phi) is 4.82. The molecule has 18 heavy (non-hydrogen) atoms. The second-order valence-electron chi connectivity index (χ2n) is 4.44. The molecule has 0 bridgehead atoms. The van der Waals surface area contributed by atoms with Crippen LogP contribution in [0.5, 0.6) is 0 Å². The van der Waals surface area contributed by atoms with E-state index in [1.165, 1.54) is 11.3 Å². The molecule has 0 amide bonds. The van der Waals surface area contributed by atoms with Gasteiger partial charge in [0, 0.05) is 19.8 Å². The van der Waals surface area contributed by atoms with Crippen LogP contribution in [0.4, 0.5) is 0 Å². The van der Waals surface area contributed by atoms with Crippen LogP contribution in [-0.4, -0.2) is 28.2 Å². The number of halogens is 1. The summed E-state index contributed by atoms with van der Waals surface area (Å²) in [5, 5.41) is 0. The van der Waals surface area contributed by atoms with Crippen molar-refractivity contribution in [2.75, 3.05) is 19.8 Å². The molecule has 1 aliphatic heterocycles. The van der Waals surface area contributed by atoms with Crippen LogP contribution in [0.25, 0.3) is 0 Å². The summed E-state index contributed by atoms with van der Waals surface area (Å²) in [4.78, 5) is 0. The lowest BCUT2D eigenvalue weighted by Crippen LogP contribution is -2.25. The minimum absolute atomic E-state index is 0.370. The van der Waals surface area contributed by atoms with Crippen LogP contribution >= 0.6 is 27.3 Å². The molecule has 0 aliphatic carbocycles. The van der Waals surface area contributed by atoms with Gasteiger partial charge in [0.15, 0.2) is 0 Å². The second kappa shape index (κ2) is 6.00. The van der Waals surface area contributed by atoms with Crippen molar-refractivity contribution in [2.24, 2.45) is 5.92 Å². The zero-order valence-electron chi connectivity index (χ0n) is 10.1. The van der Waals surface area contributed by atoms with Crippen molar-refractivity contribution >= 4 is 37.3 Å². The van der Waals surface area contributed by atoms with Crippen LogP contribution in [-0.2, 0) is 14.8 Å². The van der Waals surface area contributed by atoms with Crippen LogP contribution in [0.3, 0.4) is 0 Å². The Labute approximate surface area is 120 Å². The summed E-state index contributed by atoms with van der Waals surface area (Å²) in [5.74, 6) is 0.490. The first-order valence-electron chi connectivity index (χ1n) is 5.82. The predicted octanol–water partition coefficient (Wildman–Crippen LogP) is 2.52. The van der Waals surface area contributed by atoms with Gasteiger partial charge in [0.05, 0.1) is 3.79 Å². The molecule has 2 heterocycles. The number of hydrogen-bond acceptors (Lipinski definition) is 4. The molecule has 1 saturated heterocycles. The van der Waals surface area contributed by atoms with Crippen LogP contribution in [0.1, 0.15) is 18.4 Å². The van der Waals surface area contributed by atoms with E-state index in [9.17, 15) is 8.42 Å². The number of rotatable bonds is 5. The second-order valence-corrected chi connectivity index (χ2v) is 8.80. The summed E-state index contributed by atoms with van der Waals surface area (Å²) in [6.45, 7) is 3.92. The minimum Gasteiger partial charge on any atom is -0.381 e. The first-order chi connectivity index (χ1) is 8.49. The molecule has 1 aromatic heterocycles. The summed E-state index contributed by atoms with van der Waals surface area (Å²) in [7, 11) is -3.36. The summed E-state index contributed by atoms with van der Waals surface area (Å²) < 4.78 is 33.2. The molecule has 0 radical (unpaired) electrons. The average molecular weight is 354 g/mol. The maximum Gasteiger partial charge on any atom is 0.250 e. The molecule has 1 fully saturated rings. The third kappa shape index (κ3) is 3.54. The van der Waals surface area contributed by atoms with Crippen LogP contribution in [0, 0.1) is 12.8 Å². The molecule has 102 valence electrons. The fraction of sp³-hybridized carbons (Fsp3) is 0.636. The first-order valence-corrected chi connectivity index (χ1v) is 8.91. The lowest BCUT2D eigenvalue weighted by Gasteiger charge is -2.08. The molecular formula is C11H16BrNO3S2. The quantitative estimate of drug-likeness (QED) is 0.884. The molecule has 2 rings (SSSR count). The molecule has 1 unspecified atom stereocenters. The van der Waals surface area contributed by atoms with Gasteiger partial charge in [-0.1, -0.05) is 0 Å². The Hall–Kier alpha value is 0.0500. The molecule has 0 aromatic carbocycles. The van der Waals surface area contributed by atoms with Crippen molar-refractivity contribution in [3.05, 3.63) is 15.4 Å². The first kappa shape index (κ1) is 14.5. The normalized spacial score (nSPS) is 20.4. The van der Waals surface area contributed by atoms with Gasteiger partial charge in [0.25, 0.3) is 0 Å². The van der Waals surface area contributed by atoms with Crippen LogP contribution < -0.4 is 4.72 Å². The lowest BCUT2D eigenvalue weighted by atomic mass is 10.1. The maximum atomic E-state index is 12.0. The van der Waals surface area contributed by atoms with Gasteiger partial charge in [-0.2, -0.15) is 0 Å². The number of aryl methyl sites for hydroxylation is 1. The highest BCUT2D eigenvalue weighted by molar-refractivity contribution is 9.11. The standard InChI is InChI=1S/C11H16BrNO3S2/c1-8-6-10(17-11(8)12)18(14,15)13-4-2-9-3-5-16-7-9/h6,9,13H,2-5,7H2,1H3. The Morgan fingerprint density at radius 3 is 2.94 bits per heavy atom. The Morgan fingerprint density at radius 2 is 2.39 bits per heavy atom. The average Bonchev–Trinajstić information content (AvgIpc) is 2.90. The smallest absolute Gasteiger partial charge is 0.250 e. The molecule has 7 heteroatoms. The van der Waals surface area contributed by atoms with Gasteiger partial charge < -0.3 is 4.74 Å². The number of ether oxygens (including phenoxy) is 1. The molecule has 0 saturated carbocycles. The molecule has 1 atom stereocenters. The van der Waals surface area contributed by atoms with E-state index in [-0.39, 0.29) is 0 Å². The van der Waals surface area contributed by atoms with Crippen molar-refractivity contribution in [3.63, 3.8) is 0 Å². The van der Waals surface area contributed by atoms with Gasteiger partial charge in [0.1, 0.15) is 4.21 Å². The van der Waals surface area contributed by atoms with Gasteiger partial charge in [0.2, 0.25) is 10.0 Å². The Balaban J connectivity index is 1.90. The molecule has 4 nitrogen and oxygen atoms in total. The van der Waals surface area contributed by atoms with Crippen LogP contribution in [0.15, 0.2) is 14.1 Å². The van der Waals surface area contributed by atoms with Crippen molar-refractivity contribution in [1.29, 1.82) is 0 Å². The zero-order valence-corrected chi connectivity index (χ0v) is 13.3. The monoisotopic (exact) mass is 353 g/mol. The largest absolute Gasteiger partial charge is 0.381 e. The maximum absolute atomic E-state index is 12.0. The van der Waals surface area contributed by atoms with Crippen LogP contribution in [0.2, 0.25) is 0 Å². The summed E-state index contributed by atoms with van der Waals surface area (Å²) in [5.41, 5.74) is 0.949. The van der Waals surface area contributed by atoms with E-state index in [1.54, 1.807) is 6.07 Å². The SMILES string of the molecule is Cc1cc(S(=O)(=O)NCCC2CCOC2)sc1Br. The highest BCUT2D eigenvalue weighted by Gasteiger charge is 2.20. The summed E-state index contributed by atoms with van der Waals surface area (Å²) >= 11 is 4.59. The fourth-order valence-corrected chi connectivity index (χ4v) is 5.16. The lowest BCUT2D eigenvalue weighted by molar-refractivity contribution is 0.184. The minimum atomic E-state index is -3.36. The number of sulfonamides is 1. The third-order valence-electron chi connectivity index (χ3n) is 2.97. The third-order valence-corrected chi connectivity index (χ3v) is 7.04. The molecule has 1 aromatic rings. The zero-order chi connectivity index (χ0) is 13.2. The molecule has 1 aliphatic rings. The van der Waals surface area contributed by atoms with E-state index in [0.29, 0.717) is 16.7 Å². The predicted molar refractivity (Wildman–Crippen MR) is 75.5 cm³/mol. The van der Waals surface area contributed by atoms with Gasteiger partial charge >= 0.3 is 0 Å². The molecule has 0 spiro atoms. The van der Waals surface area contributed by atoms with Gasteiger partial charge in [-0.3, -0.25) is 0 Å². The summed E-state index contributed by atoms with van der Waals surface area (Å²) in [6.07, 6.45) is 1.87. The topological polar surface area (TPSA) is 55.4 Å². The van der Waals surface area contributed by atoms with E-state index >= 15 is 0 Å². The Morgan fingerprint density at radius 1 is 1.61 bits per heavy atom. The van der Waals surface area contributed by atoms with Crippen molar-refractivity contribution < 1.29 is 13.2 Å². The van der Waals surface area contributed by atoms with E-state index in [0.717, 1.165) is 35.4 Å². The summed E-state index contributed by atoms with van der Waals surface area (Å²) in [6, 6.07) is 1.69. The molecule has 1 N–H and O–H groups in total. The number of thiophene rings is 1. The van der Waals surface area contributed by atoms with E-state index in [4.69, 9.17) is 4.74 Å². The van der Waals surface area contributed by atoms with Gasteiger partial charge in [-0.25, -0.2) is 13.1 Å². The van der Waals surface area contributed by atoms with Crippen molar-refractivity contribution in [3.8, 4) is 0 Å². The van der Waals surface area contributed by atoms with Gasteiger partial charge in [-0.05, 0) is 53.2 Å². The number of nitrogens with one attached hydrogen (secondary N) is 1.